The molecule has 15 nitrogen and oxygen atoms in total. The number of aromatic hydroxyl groups is 3. The molecule has 2 fully saturated rings. The molecule has 10 atom stereocenters. The van der Waals surface area contributed by atoms with Gasteiger partial charge >= 0.3 is 0 Å². The van der Waals surface area contributed by atoms with E-state index in [1.54, 1.807) is 0 Å². The normalized spacial score (nSPS) is 33.5. The van der Waals surface area contributed by atoms with Gasteiger partial charge in [-0.3, -0.25) is 4.79 Å². The van der Waals surface area contributed by atoms with Crippen LogP contribution in [0.5, 0.6) is 23.0 Å². The molecule has 3 heterocycles. The quantitative estimate of drug-likeness (QED) is 0.159. The van der Waals surface area contributed by atoms with E-state index in [9.17, 15) is 50.8 Å². The van der Waals surface area contributed by atoms with E-state index in [-0.39, 0.29) is 28.0 Å². The maximum absolute atomic E-state index is 13.5. The number of hydrogen-bond donors (Lipinski definition) is 9. The van der Waals surface area contributed by atoms with Crippen molar-refractivity contribution in [3.63, 3.8) is 0 Å². The van der Waals surface area contributed by atoms with Gasteiger partial charge in [-0.2, -0.15) is 0 Å². The molecule has 1 aromatic heterocycles. The van der Waals surface area contributed by atoms with E-state index in [1.165, 1.54) is 31.2 Å². The second kappa shape index (κ2) is 11.6. The number of fused-ring (bicyclic) bond motifs is 1. The molecular formula is C27H30O15. The SMILES string of the molecule is C[C@H]1O[C@@H](OC[C@@H]2O[C@H](Oc3c(-c4ccc(O)cc4)oc4cc(O)cc(O)c4c3=O)[C@@H](O)[C@H](O)[C@H]2O)[C@H](O)[C@H](O)[C@@H]1O. The zero-order valence-electron chi connectivity index (χ0n) is 21.9. The number of rotatable bonds is 6. The molecule has 3 aromatic rings. The summed E-state index contributed by atoms with van der Waals surface area (Å²) in [6.45, 7) is 0.866. The van der Waals surface area contributed by atoms with E-state index < -0.39 is 90.7 Å². The molecule has 2 aromatic carbocycles. The molecule has 0 spiro atoms. The van der Waals surface area contributed by atoms with Crippen LogP contribution >= 0.6 is 0 Å². The maximum Gasteiger partial charge on any atom is 0.239 e. The molecule has 0 amide bonds. The van der Waals surface area contributed by atoms with Crippen molar-refractivity contribution >= 4 is 11.0 Å². The van der Waals surface area contributed by atoms with E-state index in [4.69, 9.17) is 23.4 Å². The molecule has 0 aliphatic carbocycles. The van der Waals surface area contributed by atoms with Crippen LogP contribution in [0.3, 0.4) is 0 Å². The summed E-state index contributed by atoms with van der Waals surface area (Å²) in [4.78, 5) is 13.5. The summed E-state index contributed by atoms with van der Waals surface area (Å²) in [5.41, 5.74) is -0.956. The molecule has 15 heteroatoms. The number of aliphatic hydroxyl groups excluding tert-OH is 6. The fourth-order valence-corrected chi connectivity index (χ4v) is 4.79. The highest BCUT2D eigenvalue weighted by Crippen LogP contribution is 2.37. The third-order valence-electron chi connectivity index (χ3n) is 7.18. The highest BCUT2D eigenvalue weighted by molar-refractivity contribution is 5.88. The lowest BCUT2D eigenvalue weighted by Crippen LogP contribution is -2.61. The van der Waals surface area contributed by atoms with Crippen molar-refractivity contribution in [3.8, 4) is 34.3 Å². The summed E-state index contributed by atoms with van der Waals surface area (Å²) in [6, 6.07) is 7.33. The summed E-state index contributed by atoms with van der Waals surface area (Å²) in [6.07, 6.45) is -15.8. The van der Waals surface area contributed by atoms with Crippen molar-refractivity contribution in [2.45, 2.75) is 68.3 Å². The number of phenolic OH excluding ortho intramolecular Hbond substituents is 3. The van der Waals surface area contributed by atoms with Gasteiger partial charge in [0.15, 0.2) is 12.1 Å². The van der Waals surface area contributed by atoms with Crippen molar-refractivity contribution in [3.05, 3.63) is 46.6 Å². The van der Waals surface area contributed by atoms with Crippen molar-refractivity contribution in [2.75, 3.05) is 6.61 Å². The molecular weight excluding hydrogens is 564 g/mol. The summed E-state index contributed by atoms with van der Waals surface area (Å²) < 4.78 is 28.0. The van der Waals surface area contributed by atoms with Gasteiger partial charge < -0.3 is 69.3 Å². The van der Waals surface area contributed by atoms with Crippen LogP contribution in [-0.4, -0.2) is 114 Å². The Morgan fingerprint density at radius 3 is 2.10 bits per heavy atom. The van der Waals surface area contributed by atoms with Crippen LogP contribution in [0.15, 0.2) is 45.6 Å². The third kappa shape index (κ3) is 5.49. The highest BCUT2D eigenvalue weighted by Gasteiger charge is 2.47. The van der Waals surface area contributed by atoms with Gasteiger partial charge in [-0.25, -0.2) is 0 Å². The minimum atomic E-state index is -1.92. The summed E-state index contributed by atoms with van der Waals surface area (Å²) in [5, 5.41) is 91.4. The predicted molar refractivity (Wildman–Crippen MR) is 139 cm³/mol. The van der Waals surface area contributed by atoms with Crippen LogP contribution in [-0.2, 0) is 14.2 Å². The Labute approximate surface area is 236 Å². The fraction of sp³-hybridized carbons (Fsp3) is 0.444. The third-order valence-corrected chi connectivity index (χ3v) is 7.18. The second-order valence-electron chi connectivity index (χ2n) is 10.1. The molecule has 42 heavy (non-hydrogen) atoms. The van der Waals surface area contributed by atoms with Crippen LogP contribution in [0.2, 0.25) is 0 Å². The molecule has 0 saturated carbocycles. The van der Waals surface area contributed by atoms with Gasteiger partial charge in [0.2, 0.25) is 17.5 Å². The Kier molecular flexibility index (Phi) is 8.30. The molecule has 9 N–H and O–H groups in total. The van der Waals surface area contributed by atoms with Crippen LogP contribution in [0.25, 0.3) is 22.3 Å². The smallest absolute Gasteiger partial charge is 0.239 e. The zero-order valence-corrected chi connectivity index (χ0v) is 21.9. The van der Waals surface area contributed by atoms with Crippen molar-refractivity contribution in [2.24, 2.45) is 0 Å². The molecule has 0 unspecified atom stereocenters. The largest absolute Gasteiger partial charge is 0.508 e. The highest BCUT2D eigenvalue weighted by atomic mass is 16.7. The van der Waals surface area contributed by atoms with E-state index >= 15 is 0 Å². The number of hydrogen-bond acceptors (Lipinski definition) is 15. The Balaban J connectivity index is 1.46. The lowest BCUT2D eigenvalue weighted by atomic mass is 9.98. The first kappa shape index (κ1) is 30.0. The van der Waals surface area contributed by atoms with Crippen LogP contribution < -0.4 is 10.2 Å². The molecule has 5 rings (SSSR count). The van der Waals surface area contributed by atoms with Gasteiger partial charge in [0.25, 0.3) is 0 Å². The second-order valence-corrected chi connectivity index (χ2v) is 10.1. The molecule has 2 saturated heterocycles. The number of phenols is 3. The Morgan fingerprint density at radius 1 is 0.762 bits per heavy atom. The Bertz CT molecular complexity index is 1470. The molecule has 0 bridgehead atoms. The van der Waals surface area contributed by atoms with E-state index in [2.05, 4.69) is 0 Å². The monoisotopic (exact) mass is 594 g/mol. The van der Waals surface area contributed by atoms with Gasteiger partial charge in [0, 0.05) is 17.7 Å². The van der Waals surface area contributed by atoms with E-state index in [1.807, 2.05) is 0 Å². The average Bonchev–Trinajstić information content (AvgIpc) is 2.95. The molecule has 228 valence electrons. The van der Waals surface area contributed by atoms with Gasteiger partial charge in [0.1, 0.15) is 70.9 Å². The first-order valence-electron chi connectivity index (χ1n) is 12.9. The Hall–Kier alpha value is -3.51. The standard InChI is InChI=1S/C27H30O15/c1-9-17(31)20(34)22(36)26(39-9)38-8-15-18(32)21(35)23(37)27(41-15)42-25-19(33)16-13(30)6-12(29)7-14(16)40-24(25)10-2-4-11(28)5-3-10/h2-7,9,15,17-18,20-23,26-32,34-37H,8H2,1H3/t9-,15+,17-,18+,20-,21-,22-,23+,26-,27-/m1/s1. The maximum atomic E-state index is 13.5. The van der Waals surface area contributed by atoms with Crippen molar-refractivity contribution in [1.82, 2.24) is 0 Å². The first-order valence-corrected chi connectivity index (χ1v) is 12.9. The first-order chi connectivity index (χ1) is 19.9. The van der Waals surface area contributed by atoms with Gasteiger partial charge in [-0.15, -0.1) is 0 Å². The van der Waals surface area contributed by atoms with E-state index in [0.29, 0.717) is 0 Å². The molecule has 2 aliphatic rings. The lowest BCUT2D eigenvalue weighted by Gasteiger charge is -2.42. The van der Waals surface area contributed by atoms with Crippen molar-refractivity contribution in [1.29, 1.82) is 0 Å². The van der Waals surface area contributed by atoms with Gasteiger partial charge in [-0.05, 0) is 31.2 Å². The number of aliphatic hydroxyl groups is 6. The van der Waals surface area contributed by atoms with Gasteiger partial charge in [-0.1, -0.05) is 0 Å². The minimum Gasteiger partial charge on any atom is -0.508 e. The van der Waals surface area contributed by atoms with Crippen molar-refractivity contribution < 1.29 is 69.3 Å². The summed E-state index contributed by atoms with van der Waals surface area (Å²) >= 11 is 0. The molecule has 2 aliphatic heterocycles. The number of benzene rings is 2. The summed E-state index contributed by atoms with van der Waals surface area (Å²) in [7, 11) is 0. The average molecular weight is 595 g/mol. The Morgan fingerprint density at radius 2 is 1.40 bits per heavy atom. The fourth-order valence-electron chi connectivity index (χ4n) is 4.79. The zero-order chi connectivity index (χ0) is 30.5. The van der Waals surface area contributed by atoms with E-state index in [0.717, 1.165) is 12.1 Å². The minimum absolute atomic E-state index is 0.103. The summed E-state index contributed by atoms with van der Waals surface area (Å²) in [5.74, 6) is -1.97. The molecule has 0 radical (unpaired) electrons. The van der Waals surface area contributed by atoms with Crippen LogP contribution in [0.4, 0.5) is 0 Å². The lowest BCUT2D eigenvalue weighted by molar-refractivity contribution is -0.318. The topological polar surface area (TPSA) is 249 Å². The van der Waals surface area contributed by atoms with Gasteiger partial charge in [0.05, 0.1) is 12.7 Å². The predicted octanol–water partition coefficient (Wildman–Crippen LogP) is -1.39. The van der Waals surface area contributed by atoms with Crippen LogP contribution in [0, 0.1) is 0 Å². The van der Waals surface area contributed by atoms with Crippen LogP contribution in [0.1, 0.15) is 6.92 Å². The number of ether oxygens (including phenoxy) is 4.